The van der Waals surface area contributed by atoms with E-state index in [0.717, 1.165) is 35.5 Å². The van der Waals surface area contributed by atoms with Gasteiger partial charge in [-0.05, 0) is 49.6 Å². The van der Waals surface area contributed by atoms with E-state index < -0.39 is 10.0 Å². The molecule has 0 saturated heterocycles. The molecule has 2 aromatic carbocycles. The Hall–Kier alpha value is -2.97. The van der Waals surface area contributed by atoms with Gasteiger partial charge >= 0.3 is 0 Å². The zero-order valence-corrected chi connectivity index (χ0v) is 17.5. The van der Waals surface area contributed by atoms with E-state index in [4.69, 9.17) is 4.74 Å². The van der Waals surface area contributed by atoms with E-state index in [1.165, 1.54) is 6.33 Å². The third-order valence-electron chi connectivity index (χ3n) is 4.61. The lowest BCUT2D eigenvalue weighted by Gasteiger charge is -2.11. The van der Waals surface area contributed by atoms with Gasteiger partial charge < -0.3 is 10.1 Å². The van der Waals surface area contributed by atoms with Crippen molar-refractivity contribution in [2.45, 2.75) is 31.6 Å². The number of sulfonamides is 1. The van der Waals surface area contributed by atoms with Crippen LogP contribution in [0.3, 0.4) is 0 Å². The van der Waals surface area contributed by atoms with Crippen LogP contribution in [0.25, 0.3) is 11.3 Å². The van der Waals surface area contributed by atoms with Crippen molar-refractivity contribution in [3.05, 3.63) is 66.5 Å². The second-order valence-electron chi connectivity index (χ2n) is 7.19. The number of benzene rings is 2. The van der Waals surface area contributed by atoms with Crippen LogP contribution in [0.1, 0.15) is 25.3 Å². The van der Waals surface area contributed by atoms with Crippen molar-refractivity contribution in [3.8, 4) is 17.0 Å². The molecule has 7 nitrogen and oxygen atoms in total. The lowest BCUT2D eigenvalue weighted by atomic mass is 10.1. The van der Waals surface area contributed by atoms with Gasteiger partial charge in [0.1, 0.15) is 17.9 Å². The van der Waals surface area contributed by atoms with Gasteiger partial charge in [0.2, 0.25) is 10.0 Å². The number of aromatic nitrogens is 2. The number of nitrogens with one attached hydrogen (secondary N) is 2. The highest BCUT2D eigenvalue weighted by Crippen LogP contribution is 2.30. The van der Waals surface area contributed by atoms with E-state index in [-0.39, 0.29) is 11.8 Å². The van der Waals surface area contributed by atoms with Crippen molar-refractivity contribution in [2.24, 2.45) is 0 Å². The van der Waals surface area contributed by atoms with Crippen molar-refractivity contribution in [1.82, 2.24) is 14.7 Å². The molecule has 2 N–H and O–H groups in total. The van der Waals surface area contributed by atoms with Crippen LogP contribution in [0, 0.1) is 0 Å². The van der Waals surface area contributed by atoms with E-state index >= 15 is 0 Å². The Labute approximate surface area is 176 Å². The molecule has 4 rings (SSSR count). The fraction of sp³-hybridized carbons (Fsp3) is 0.273. The summed E-state index contributed by atoms with van der Waals surface area (Å²) in [4.78, 5) is 8.67. The van der Waals surface area contributed by atoms with Gasteiger partial charge in [-0.3, -0.25) is 0 Å². The Bertz CT molecular complexity index is 1130. The molecule has 1 aliphatic rings. The summed E-state index contributed by atoms with van der Waals surface area (Å²) in [7, 11) is -3.33. The molecule has 156 valence electrons. The van der Waals surface area contributed by atoms with Gasteiger partial charge in [0.15, 0.2) is 0 Å². The molecular formula is C22H24N4O3S. The van der Waals surface area contributed by atoms with Crippen LogP contribution in [-0.4, -0.2) is 31.0 Å². The van der Waals surface area contributed by atoms with Gasteiger partial charge in [0.25, 0.3) is 0 Å². The first-order chi connectivity index (χ1) is 14.5. The molecule has 3 aromatic rings. The molecule has 1 saturated carbocycles. The van der Waals surface area contributed by atoms with Gasteiger partial charge in [0, 0.05) is 23.4 Å². The summed E-state index contributed by atoms with van der Waals surface area (Å²) in [6.45, 7) is 2.51. The van der Waals surface area contributed by atoms with Crippen molar-refractivity contribution in [1.29, 1.82) is 0 Å². The monoisotopic (exact) mass is 424 g/mol. The molecule has 30 heavy (non-hydrogen) atoms. The Balaban J connectivity index is 1.52. The molecule has 1 aromatic heterocycles. The summed E-state index contributed by atoms with van der Waals surface area (Å²) in [5.41, 5.74) is 3.10. The molecule has 0 aliphatic heterocycles. The smallest absolute Gasteiger partial charge is 0.216 e. The molecule has 1 fully saturated rings. The van der Waals surface area contributed by atoms with Crippen LogP contribution in [-0.2, 0) is 15.8 Å². The summed E-state index contributed by atoms with van der Waals surface area (Å²) < 4.78 is 32.9. The number of para-hydroxylation sites is 1. The second-order valence-corrected chi connectivity index (χ2v) is 8.95. The molecular weight excluding hydrogens is 400 g/mol. The average Bonchev–Trinajstić information content (AvgIpc) is 3.52. The quantitative estimate of drug-likeness (QED) is 0.542. The highest BCUT2D eigenvalue weighted by molar-refractivity contribution is 7.88. The molecule has 0 spiro atoms. The Morgan fingerprint density at radius 2 is 1.90 bits per heavy atom. The van der Waals surface area contributed by atoms with Crippen LogP contribution < -0.4 is 14.8 Å². The Morgan fingerprint density at radius 3 is 2.70 bits per heavy atom. The van der Waals surface area contributed by atoms with Crippen LogP contribution >= 0.6 is 0 Å². The molecule has 0 amide bonds. The minimum Gasteiger partial charge on any atom is -0.493 e. The lowest BCUT2D eigenvalue weighted by Crippen LogP contribution is -2.27. The van der Waals surface area contributed by atoms with Crippen molar-refractivity contribution >= 4 is 21.5 Å². The number of rotatable bonds is 9. The Morgan fingerprint density at radius 1 is 1.07 bits per heavy atom. The standard InChI is InChI=1S/C22H24N4O3S/c1-2-29-21-9-4-3-8-19(21)20-13-22(24-15-23-20)25-18-7-5-6-16(12-18)14-30(27,28)26-17-10-11-17/h3-9,12-13,15,17,26H,2,10-11,14H2,1H3,(H,23,24,25). The molecule has 0 bridgehead atoms. The summed E-state index contributed by atoms with van der Waals surface area (Å²) in [5, 5.41) is 3.24. The minimum atomic E-state index is -3.33. The zero-order chi connectivity index (χ0) is 21.0. The first-order valence-corrected chi connectivity index (χ1v) is 11.6. The van der Waals surface area contributed by atoms with E-state index in [9.17, 15) is 8.42 Å². The molecule has 1 aliphatic carbocycles. The van der Waals surface area contributed by atoms with Crippen LogP contribution in [0.15, 0.2) is 60.9 Å². The average molecular weight is 425 g/mol. The predicted molar refractivity (Wildman–Crippen MR) is 117 cm³/mol. The third kappa shape index (κ3) is 5.34. The van der Waals surface area contributed by atoms with Gasteiger partial charge in [-0.1, -0.05) is 24.3 Å². The number of hydrogen-bond donors (Lipinski definition) is 2. The summed E-state index contributed by atoms with van der Waals surface area (Å²) >= 11 is 0. The number of ether oxygens (including phenoxy) is 1. The van der Waals surface area contributed by atoms with Crippen LogP contribution in [0.4, 0.5) is 11.5 Å². The summed E-state index contributed by atoms with van der Waals surface area (Å²) in [5.74, 6) is 1.33. The summed E-state index contributed by atoms with van der Waals surface area (Å²) in [6, 6.07) is 17.0. The fourth-order valence-electron chi connectivity index (χ4n) is 3.14. The summed E-state index contributed by atoms with van der Waals surface area (Å²) in [6.07, 6.45) is 3.33. The van der Waals surface area contributed by atoms with E-state index in [2.05, 4.69) is 20.0 Å². The second kappa shape index (κ2) is 8.81. The SMILES string of the molecule is CCOc1ccccc1-c1cc(Nc2cccc(CS(=O)(=O)NC3CC3)c2)ncn1. The van der Waals surface area contributed by atoms with E-state index in [1.54, 1.807) is 6.07 Å². The highest BCUT2D eigenvalue weighted by Gasteiger charge is 2.26. The Kier molecular flexibility index (Phi) is 5.96. The van der Waals surface area contributed by atoms with E-state index in [1.807, 2.05) is 55.5 Å². The maximum Gasteiger partial charge on any atom is 0.216 e. The van der Waals surface area contributed by atoms with Gasteiger partial charge in [-0.15, -0.1) is 0 Å². The van der Waals surface area contributed by atoms with Gasteiger partial charge in [-0.2, -0.15) is 0 Å². The van der Waals surface area contributed by atoms with Gasteiger partial charge in [-0.25, -0.2) is 23.1 Å². The topological polar surface area (TPSA) is 93.2 Å². The van der Waals surface area contributed by atoms with Crippen LogP contribution in [0.2, 0.25) is 0 Å². The van der Waals surface area contributed by atoms with Crippen LogP contribution in [0.5, 0.6) is 5.75 Å². The molecule has 0 radical (unpaired) electrons. The van der Waals surface area contributed by atoms with Crippen molar-refractivity contribution in [2.75, 3.05) is 11.9 Å². The van der Waals surface area contributed by atoms with Gasteiger partial charge in [0.05, 0.1) is 18.1 Å². The van der Waals surface area contributed by atoms with Crippen molar-refractivity contribution < 1.29 is 13.2 Å². The molecule has 0 atom stereocenters. The minimum absolute atomic E-state index is 0.0459. The number of hydrogen-bond acceptors (Lipinski definition) is 6. The lowest BCUT2D eigenvalue weighted by molar-refractivity contribution is 0.341. The maximum absolute atomic E-state index is 12.2. The first kappa shape index (κ1) is 20.3. The largest absolute Gasteiger partial charge is 0.493 e. The fourth-order valence-corrected chi connectivity index (χ4v) is 4.58. The maximum atomic E-state index is 12.2. The number of nitrogens with zero attached hydrogens (tertiary/aromatic N) is 2. The number of anilines is 2. The van der Waals surface area contributed by atoms with Crippen molar-refractivity contribution in [3.63, 3.8) is 0 Å². The molecule has 8 heteroatoms. The normalized spacial score (nSPS) is 13.8. The predicted octanol–water partition coefficient (Wildman–Crippen LogP) is 3.87. The third-order valence-corrected chi connectivity index (χ3v) is 6.02. The molecule has 1 heterocycles. The first-order valence-electron chi connectivity index (χ1n) is 9.92. The highest BCUT2D eigenvalue weighted by atomic mass is 32.2. The zero-order valence-electron chi connectivity index (χ0n) is 16.7. The molecule has 0 unspecified atom stereocenters. The van der Waals surface area contributed by atoms with E-state index in [0.29, 0.717) is 18.0 Å².